The number of methoxy groups -OCH3 is 1. The molecule has 0 spiro atoms. The molecule has 9 nitrogen and oxygen atoms in total. The molecule has 10 heteroatoms. The van der Waals surface area contributed by atoms with E-state index in [2.05, 4.69) is 26.0 Å². The Kier molecular flexibility index (Phi) is 6.48. The van der Waals surface area contributed by atoms with Gasteiger partial charge in [0.05, 0.1) is 19.7 Å². The maximum Gasteiger partial charge on any atom is 0.257 e. The second-order valence-corrected chi connectivity index (χ2v) is 6.78. The SMILES string of the molecule is COc1cc(C=NNC(=O)Cc2nnc(NC(=O)c3ccccc3)s2)ccc1O. The molecule has 0 aliphatic carbocycles. The van der Waals surface area contributed by atoms with Gasteiger partial charge < -0.3 is 9.84 Å². The number of nitrogens with one attached hydrogen (secondary N) is 2. The van der Waals surface area contributed by atoms with Crippen LogP contribution in [0.1, 0.15) is 20.9 Å². The topological polar surface area (TPSA) is 126 Å². The molecule has 0 bridgehead atoms. The molecule has 0 saturated carbocycles. The van der Waals surface area contributed by atoms with Crippen LogP contribution in [0.25, 0.3) is 0 Å². The van der Waals surface area contributed by atoms with Gasteiger partial charge in [-0.1, -0.05) is 29.5 Å². The highest BCUT2D eigenvalue weighted by atomic mass is 32.1. The van der Waals surface area contributed by atoms with Crippen molar-refractivity contribution in [3.63, 3.8) is 0 Å². The molecule has 1 heterocycles. The molecule has 0 radical (unpaired) electrons. The lowest BCUT2D eigenvalue weighted by Gasteiger charge is -2.03. The van der Waals surface area contributed by atoms with Gasteiger partial charge in [-0.3, -0.25) is 14.9 Å². The maximum atomic E-state index is 12.1. The van der Waals surface area contributed by atoms with Gasteiger partial charge in [-0.15, -0.1) is 10.2 Å². The van der Waals surface area contributed by atoms with Crippen molar-refractivity contribution < 1.29 is 19.4 Å². The Balaban J connectivity index is 1.52. The molecular formula is C19H17N5O4S. The molecule has 0 fully saturated rings. The Bertz CT molecular complexity index is 1040. The minimum atomic E-state index is -0.385. The van der Waals surface area contributed by atoms with Gasteiger partial charge >= 0.3 is 0 Å². The fourth-order valence-electron chi connectivity index (χ4n) is 2.26. The largest absolute Gasteiger partial charge is 0.504 e. The minimum Gasteiger partial charge on any atom is -0.504 e. The first-order valence-electron chi connectivity index (χ1n) is 8.43. The molecule has 3 rings (SSSR count). The summed E-state index contributed by atoms with van der Waals surface area (Å²) in [5.74, 6) is -0.366. The molecule has 2 amide bonds. The number of hydrazone groups is 1. The summed E-state index contributed by atoms with van der Waals surface area (Å²) in [6.07, 6.45) is 1.39. The molecule has 3 aromatic rings. The third kappa shape index (κ3) is 5.59. The van der Waals surface area contributed by atoms with E-state index in [0.29, 0.717) is 27.0 Å². The van der Waals surface area contributed by atoms with Crippen molar-refractivity contribution >= 4 is 34.5 Å². The summed E-state index contributed by atoms with van der Waals surface area (Å²) >= 11 is 1.11. The van der Waals surface area contributed by atoms with Crippen molar-refractivity contribution in [1.82, 2.24) is 15.6 Å². The smallest absolute Gasteiger partial charge is 0.257 e. The molecule has 2 aromatic carbocycles. The van der Waals surface area contributed by atoms with Gasteiger partial charge in [-0.25, -0.2) is 5.43 Å². The number of amides is 2. The first-order valence-corrected chi connectivity index (χ1v) is 9.24. The van der Waals surface area contributed by atoms with Crippen molar-refractivity contribution in [2.45, 2.75) is 6.42 Å². The second kappa shape index (κ2) is 9.42. The van der Waals surface area contributed by atoms with Crippen molar-refractivity contribution in [3.05, 3.63) is 64.7 Å². The quantitative estimate of drug-likeness (QED) is 0.404. The number of nitrogens with zero attached hydrogens (tertiary/aromatic N) is 3. The van der Waals surface area contributed by atoms with Crippen molar-refractivity contribution in [3.8, 4) is 11.5 Å². The first kappa shape index (κ1) is 20.0. The van der Waals surface area contributed by atoms with Crippen LogP contribution in [0.2, 0.25) is 0 Å². The highest BCUT2D eigenvalue weighted by Crippen LogP contribution is 2.25. The van der Waals surface area contributed by atoms with Gasteiger partial charge in [-0.05, 0) is 35.9 Å². The standard InChI is InChI=1S/C19H17N5O4S/c1-28-15-9-12(7-8-14(15)25)11-20-22-16(26)10-17-23-24-19(29-17)21-18(27)13-5-3-2-4-6-13/h2-9,11,25H,10H2,1H3,(H,22,26)(H,21,24,27). The fourth-order valence-corrected chi connectivity index (χ4v) is 3.00. The van der Waals surface area contributed by atoms with Gasteiger partial charge in [-0.2, -0.15) is 5.10 Å². The first-order chi connectivity index (χ1) is 14.0. The number of hydrogen-bond acceptors (Lipinski definition) is 8. The zero-order chi connectivity index (χ0) is 20.6. The number of hydrogen-bond donors (Lipinski definition) is 3. The van der Waals surface area contributed by atoms with Gasteiger partial charge in [0.15, 0.2) is 11.5 Å². The van der Waals surface area contributed by atoms with Crippen LogP contribution in [-0.2, 0) is 11.2 Å². The summed E-state index contributed by atoms with van der Waals surface area (Å²) in [4.78, 5) is 24.1. The van der Waals surface area contributed by atoms with Gasteiger partial charge in [0, 0.05) is 5.56 Å². The van der Waals surface area contributed by atoms with Crippen LogP contribution >= 0.6 is 11.3 Å². The summed E-state index contributed by atoms with van der Waals surface area (Å²) in [7, 11) is 1.44. The second-order valence-electron chi connectivity index (χ2n) is 5.72. The summed E-state index contributed by atoms with van der Waals surface area (Å²) in [6.45, 7) is 0. The lowest BCUT2D eigenvalue weighted by molar-refractivity contribution is -0.120. The number of aromatic hydroxyl groups is 1. The predicted molar refractivity (Wildman–Crippen MR) is 108 cm³/mol. The van der Waals surface area contributed by atoms with Crippen molar-refractivity contribution in [2.75, 3.05) is 12.4 Å². The lowest BCUT2D eigenvalue weighted by Crippen LogP contribution is -2.19. The molecule has 3 N–H and O–H groups in total. The third-order valence-corrected chi connectivity index (χ3v) is 4.48. The number of rotatable bonds is 7. The Morgan fingerprint density at radius 2 is 2.00 bits per heavy atom. The summed E-state index contributed by atoms with van der Waals surface area (Å²) < 4.78 is 5.01. The van der Waals surface area contributed by atoms with E-state index in [1.807, 2.05) is 6.07 Å². The van der Waals surface area contributed by atoms with E-state index in [0.717, 1.165) is 11.3 Å². The van der Waals surface area contributed by atoms with Crippen LogP contribution in [0, 0.1) is 0 Å². The normalized spacial score (nSPS) is 10.7. The minimum absolute atomic E-state index is 0.0140. The molecule has 0 saturated heterocycles. The van der Waals surface area contributed by atoms with E-state index in [1.54, 1.807) is 36.4 Å². The summed E-state index contributed by atoms with van der Waals surface area (Å²) in [5, 5.41) is 24.6. The van der Waals surface area contributed by atoms with Crippen LogP contribution in [0.3, 0.4) is 0 Å². The van der Waals surface area contributed by atoms with E-state index in [4.69, 9.17) is 4.74 Å². The van der Waals surface area contributed by atoms with E-state index in [-0.39, 0.29) is 24.0 Å². The number of carbonyl (C=O) groups excluding carboxylic acids is 2. The number of anilines is 1. The lowest BCUT2D eigenvalue weighted by atomic mass is 10.2. The molecular weight excluding hydrogens is 394 g/mol. The number of benzene rings is 2. The molecule has 0 atom stereocenters. The van der Waals surface area contributed by atoms with Crippen LogP contribution in [-0.4, -0.2) is 40.4 Å². The molecule has 148 valence electrons. The molecule has 29 heavy (non-hydrogen) atoms. The van der Waals surface area contributed by atoms with Crippen LogP contribution in [0.5, 0.6) is 11.5 Å². The highest BCUT2D eigenvalue weighted by Gasteiger charge is 2.12. The van der Waals surface area contributed by atoms with Gasteiger partial charge in [0.1, 0.15) is 5.01 Å². The molecule has 0 aliphatic heterocycles. The van der Waals surface area contributed by atoms with Gasteiger partial charge in [0.25, 0.3) is 5.91 Å². The molecule has 1 aromatic heterocycles. The van der Waals surface area contributed by atoms with Crippen molar-refractivity contribution in [2.24, 2.45) is 5.10 Å². The van der Waals surface area contributed by atoms with E-state index in [9.17, 15) is 14.7 Å². The Hall–Kier alpha value is -3.79. The molecule has 0 aliphatic rings. The monoisotopic (exact) mass is 411 g/mol. The Labute approximate surface area is 170 Å². The maximum absolute atomic E-state index is 12.1. The fraction of sp³-hybridized carbons (Fsp3) is 0.105. The van der Waals surface area contributed by atoms with Crippen LogP contribution in [0.15, 0.2) is 53.6 Å². The van der Waals surface area contributed by atoms with E-state index < -0.39 is 0 Å². The predicted octanol–water partition coefficient (Wildman–Crippen LogP) is 2.20. The number of phenols is 1. The molecule has 0 unspecified atom stereocenters. The Morgan fingerprint density at radius 3 is 2.76 bits per heavy atom. The average Bonchev–Trinajstić information content (AvgIpc) is 3.16. The highest BCUT2D eigenvalue weighted by molar-refractivity contribution is 7.15. The Morgan fingerprint density at radius 1 is 1.21 bits per heavy atom. The summed E-state index contributed by atoms with van der Waals surface area (Å²) in [6, 6.07) is 13.4. The number of phenolic OH excluding ortho intramolecular Hbond substituents is 1. The number of aromatic nitrogens is 2. The van der Waals surface area contributed by atoms with E-state index >= 15 is 0 Å². The third-order valence-electron chi connectivity index (χ3n) is 3.64. The van der Waals surface area contributed by atoms with Crippen LogP contribution < -0.4 is 15.5 Å². The zero-order valence-electron chi connectivity index (χ0n) is 15.3. The van der Waals surface area contributed by atoms with Gasteiger partial charge in [0.2, 0.25) is 11.0 Å². The number of ether oxygens (including phenoxy) is 1. The number of carbonyl (C=O) groups is 2. The average molecular weight is 411 g/mol. The van der Waals surface area contributed by atoms with Crippen LogP contribution in [0.4, 0.5) is 5.13 Å². The van der Waals surface area contributed by atoms with E-state index in [1.165, 1.54) is 19.4 Å². The summed E-state index contributed by atoms with van der Waals surface area (Å²) in [5.41, 5.74) is 3.53. The van der Waals surface area contributed by atoms with Crippen molar-refractivity contribution in [1.29, 1.82) is 0 Å². The zero-order valence-corrected chi connectivity index (χ0v) is 16.1.